The van der Waals surface area contributed by atoms with Gasteiger partial charge >= 0.3 is 12.0 Å². The molecule has 5 heteroatoms. The van der Waals surface area contributed by atoms with Crippen LogP contribution in [-0.4, -0.2) is 41.6 Å². The molecule has 0 radical (unpaired) electrons. The van der Waals surface area contributed by atoms with Crippen LogP contribution in [-0.2, 0) is 4.79 Å². The first kappa shape index (κ1) is 11.8. The Morgan fingerprint density at radius 3 is 2.44 bits per heavy atom. The van der Waals surface area contributed by atoms with Crippen molar-refractivity contribution in [1.29, 1.82) is 0 Å². The van der Waals surface area contributed by atoms with Gasteiger partial charge < -0.3 is 15.3 Å². The van der Waals surface area contributed by atoms with Crippen molar-refractivity contribution >= 4 is 12.0 Å². The van der Waals surface area contributed by atoms with E-state index in [1.807, 2.05) is 0 Å². The summed E-state index contributed by atoms with van der Waals surface area (Å²) in [6.07, 6.45) is 5.37. The molecule has 2 aliphatic carbocycles. The molecule has 0 aromatic heterocycles. The Labute approximate surface area is 107 Å². The number of carbonyl (C=O) groups is 2. The summed E-state index contributed by atoms with van der Waals surface area (Å²) in [7, 11) is 0. The van der Waals surface area contributed by atoms with E-state index < -0.39 is 5.97 Å². The lowest BCUT2D eigenvalue weighted by Crippen LogP contribution is -2.54. The van der Waals surface area contributed by atoms with Crippen molar-refractivity contribution in [1.82, 2.24) is 10.2 Å². The average Bonchev–Trinajstić information content (AvgIpc) is 3.11. The molecule has 0 bridgehead atoms. The minimum absolute atomic E-state index is 0.0106. The highest BCUT2D eigenvalue weighted by Crippen LogP contribution is 2.60. The van der Waals surface area contributed by atoms with Gasteiger partial charge in [0.05, 0.1) is 6.42 Å². The van der Waals surface area contributed by atoms with Crippen molar-refractivity contribution in [3.63, 3.8) is 0 Å². The van der Waals surface area contributed by atoms with Gasteiger partial charge in [-0.2, -0.15) is 0 Å². The Morgan fingerprint density at radius 1 is 1.28 bits per heavy atom. The summed E-state index contributed by atoms with van der Waals surface area (Å²) >= 11 is 0. The topological polar surface area (TPSA) is 69.6 Å². The van der Waals surface area contributed by atoms with Gasteiger partial charge in [0.1, 0.15) is 0 Å². The maximum Gasteiger partial charge on any atom is 0.317 e. The number of hydrogen-bond donors (Lipinski definition) is 2. The van der Waals surface area contributed by atoms with Gasteiger partial charge in [-0.25, -0.2) is 4.79 Å². The Morgan fingerprint density at radius 2 is 1.94 bits per heavy atom. The Balaban J connectivity index is 1.37. The number of aliphatic carboxylic acids is 1. The molecule has 0 aromatic carbocycles. The van der Waals surface area contributed by atoms with Crippen molar-refractivity contribution in [3.8, 4) is 0 Å². The van der Waals surface area contributed by atoms with Crippen molar-refractivity contribution in [2.75, 3.05) is 19.6 Å². The summed E-state index contributed by atoms with van der Waals surface area (Å²) in [5.74, 6) is 0.228. The molecule has 18 heavy (non-hydrogen) atoms. The standard InChI is InChI=1S/C13H20N2O3/c16-11(17)5-9-6-15(7-9)12(18)14-8-13(3-4-13)10-1-2-10/h9-10H,1-8H2,(H,14,18)(H,16,17). The fraction of sp³-hybridized carbons (Fsp3) is 0.846. The van der Waals surface area contributed by atoms with Gasteiger partial charge in [0, 0.05) is 25.6 Å². The van der Waals surface area contributed by atoms with Gasteiger partial charge in [0.2, 0.25) is 0 Å². The van der Waals surface area contributed by atoms with Crippen LogP contribution in [0.2, 0.25) is 0 Å². The Hall–Kier alpha value is -1.26. The maximum absolute atomic E-state index is 11.8. The number of urea groups is 1. The predicted octanol–water partition coefficient (Wildman–Crippen LogP) is 1.29. The number of carbonyl (C=O) groups excluding carboxylic acids is 1. The fourth-order valence-electron chi connectivity index (χ4n) is 3.06. The second kappa shape index (κ2) is 4.14. The minimum atomic E-state index is -0.772. The molecule has 3 rings (SSSR count). The van der Waals surface area contributed by atoms with Crippen LogP contribution in [0.4, 0.5) is 4.79 Å². The highest BCUT2D eigenvalue weighted by Gasteiger charge is 2.53. The largest absolute Gasteiger partial charge is 0.481 e. The molecule has 100 valence electrons. The number of hydrogen-bond acceptors (Lipinski definition) is 2. The SMILES string of the molecule is O=C(O)CC1CN(C(=O)NCC2(C3CC3)CC2)C1. The number of amides is 2. The van der Waals surface area contributed by atoms with Crippen LogP contribution in [0.3, 0.4) is 0 Å². The van der Waals surface area contributed by atoms with Crippen LogP contribution in [0.15, 0.2) is 0 Å². The van der Waals surface area contributed by atoms with E-state index in [-0.39, 0.29) is 18.4 Å². The van der Waals surface area contributed by atoms with Crippen molar-refractivity contribution in [3.05, 3.63) is 0 Å². The number of carboxylic acids is 1. The first-order valence-electron chi connectivity index (χ1n) is 6.84. The molecule has 2 saturated carbocycles. The molecule has 2 N–H and O–H groups in total. The number of carboxylic acid groups (broad SMARTS) is 1. The maximum atomic E-state index is 11.8. The first-order chi connectivity index (χ1) is 8.59. The third-order valence-corrected chi connectivity index (χ3v) is 4.63. The zero-order valence-corrected chi connectivity index (χ0v) is 10.5. The molecule has 2 amide bonds. The smallest absolute Gasteiger partial charge is 0.317 e. The van der Waals surface area contributed by atoms with E-state index in [1.165, 1.54) is 25.7 Å². The highest BCUT2D eigenvalue weighted by molar-refractivity contribution is 5.75. The lowest BCUT2D eigenvalue weighted by atomic mass is 9.97. The van der Waals surface area contributed by atoms with Gasteiger partial charge in [-0.1, -0.05) is 0 Å². The average molecular weight is 252 g/mol. The van der Waals surface area contributed by atoms with E-state index in [0.29, 0.717) is 18.5 Å². The van der Waals surface area contributed by atoms with Crippen molar-refractivity contribution in [2.45, 2.75) is 32.1 Å². The fourth-order valence-corrected chi connectivity index (χ4v) is 3.06. The van der Waals surface area contributed by atoms with E-state index >= 15 is 0 Å². The van der Waals surface area contributed by atoms with Crippen LogP contribution < -0.4 is 5.32 Å². The predicted molar refractivity (Wildman–Crippen MR) is 65.1 cm³/mol. The van der Waals surface area contributed by atoms with Gasteiger partial charge in [0.15, 0.2) is 0 Å². The van der Waals surface area contributed by atoms with Crippen molar-refractivity contribution in [2.24, 2.45) is 17.3 Å². The summed E-state index contributed by atoms with van der Waals surface area (Å²) < 4.78 is 0. The molecule has 1 heterocycles. The molecule has 3 fully saturated rings. The van der Waals surface area contributed by atoms with Gasteiger partial charge in [0.25, 0.3) is 0 Å². The van der Waals surface area contributed by atoms with E-state index in [2.05, 4.69) is 5.32 Å². The summed E-state index contributed by atoms with van der Waals surface area (Å²) in [5, 5.41) is 11.7. The second-order valence-corrected chi connectivity index (χ2v) is 6.16. The molecular weight excluding hydrogens is 232 g/mol. The third-order valence-electron chi connectivity index (χ3n) is 4.63. The van der Waals surface area contributed by atoms with Crippen LogP contribution in [0.5, 0.6) is 0 Å². The molecule has 0 spiro atoms. The molecule has 0 atom stereocenters. The molecule has 0 unspecified atom stereocenters. The monoisotopic (exact) mass is 252 g/mol. The zero-order valence-electron chi connectivity index (χ0n) is 10.5. The number of rotatable bonds is 5. The van der Waals surface area contributed by atoms with Gasteiger partial charge in [-0.3, -0.25) is 4.79 Å². The Kier molecular flexibility index (Phi) is 2.72. The van der Waals surface area contributed by atoms with Gasteiger partial charge in [-0.05, 0) is 37.0 Å². The summed E-state index contributed by atoms with van der Waals surface area (Å²) in [4.78, 5) is 24.1. The zero-order chi connectivity index (χ0) is 12.8. The number of nitrogens with one attached hydrogen (secondary N) is 1. The lowest BCUT2D eigenvalue weighted by Gasteiger charge is -2.38. The molecule has 5 nitrogen and oxygen atoms in total. The molecular formula is C13H20N2O3. The van der Waals surface area contributed by atoms with Crippen molar-refractivity contribution < 1.29 is 14.7 Å². The quantitative estimate of drug-likeness (QED) is 0.774. The third kappa shape index (κ3) is 2.31. The number of nitrogens with zero attached hydrogens (tertiary/aromatic N) is 1. The lowest BCUT2D eigenvalue weighted by molar-refractivity contribution is -0.139. The molecule has 3 aliphatic rings. The van der Waals surface area contributed by atoms with E-state index in [9.17, 15) is 9.59 Å². The molecule has 1 saturated heterocycles. The van der Waals surface area contributed by atoms with Crippen LogP contribution in [0.25, 0.3) is 0 Å². The van der Waals surface area contributed by atoms with Gasteiger partial charge in [-0.15, -0.1) is 0 Å². The normalized spacial score (nSPS) is 25.4. The Bertz CT molecular complexity index is 368. The molecule has 0 aromatic rings. The summed E-state index contributed by atoms with van der Waals surface area (Å²) in [6.45, 7) is 2.00. The van der Waals surface area contributed by atoms with Crippen LogP contribution in [0.1, 0.15) is 32.1 Å². The van der Waals surface area contributed by atoms with Crippen LogP contribution >= 0.6 is 0 Å². The van der Waals surface area contributed by atoms with E-state index in [0.717, 1.165) is 12.5 Å². The molecule has 1 aliphatic heterocycles. The first-order valence-corrected chi connectivity index (χ1v) is 6.84. The minimum Gasteiger partial charge on any atom is -0.481 e. The number of likely N-dealkylation sites (tertiary alicyclic amines) is 1. The van der Waals surface area contributed by atoms with Crippen LogP contribution in [0, 0.1) is 17.3 Å². The van der Waals surface area contributed by atoms with E-state index in [4.69, 9.17) is 5.11 Å². The van der Waals surface area contributed by atoms with E-state index in [1.54, 1.807) is 4.90 Å². The highest BCUT2D eigenvalue weighted by atomic mass is 16.4. The second-order valence-electron chi connectivity index (χ2n) is 6.16. The summed E-state index contributed by atoms with van der Waals surface area (Å²) in [5.41, 5.74) is 0.432. The summed E-state index contributed by atoms with van der Waals surface area (Å²) in [6, 6.07) is -0.0106.